The van der Waals surface area contributed by atoms with E-state index in [1.54, 1.807) is 42.5 Å². The van der Waals surface area contributed by atoms with Gasteiger partial charge < -0.3 is 19.5 Å². The summed E-state index contributed by atoms with van der Waals surface area (Å²) < 4.78 is 17.1. The van der Waals surface area contributed by atoms with Crippen LogP contribution in [0.2, 0.25) is 0 Å². The van der Waals surface area contributed by atoms with E-state index in [1.165, 1.54) is 31.6 Å². The van der Waals surface area contributed by atoms with E-state index in [-0.39, 0.29) is 11.5 Å². The molecule has 1 atom stereocenters. The van der Waals surface area contributed by atoms with Crippen LogP contribution in [-0.4, -0.2) is 44.0 Å². The Hall–Kier alpha value is -3.91. The second kappa shape index (κ2) is 10.1. The number of nitrogens with one attached hydrogen (secondary N) is 1. The third-order valence-corrected chi connectivity index (χ3v) is 6.90. The third-order valence-electron chi connectivity index (χ3n) is 5.77. The average molecular weight is 491 g/mol. The molecule has 0 radical (unpaired) electrons. The zero-order valence-electron chi connectivity index (χ0n) is 20.2. The summed E-state index contributed by atoms with van der Waals surface area (Å²) in [6, 6.07) is 13.7. The van der Waals surface area contributed by atoms with Gasteiger partial charge in [-0.1, -0.05) is 18.2 Å². The predicted molar refractivity (Wildman–Crippen MR) is 137 cm³/mol. The first-order valence-electron chi connectivity index (χ1n) is 11.0. The standard InChI is InChI=1S/C27H26N2O5S/c1-15-7-6-8-18-19(14-35-26(15)18)20-10-12-22(33-4)24(29-20)25(30)16(2)28-27(31)17-9-11-21(32-3)23(13-17)34-5/h6-14,16H,1-5H3,(H,28,31). The van der Waals surface area contributed by atoms with E-state index < -0.39 is 11.9 Å². The van der Waals surface area contributed by atoms with Gasteiger partial charge >= 0.3 is 0 Å². The van der Waals surface area contributed by atoms with Gasteiger partial charge in [0.25, 0.3) is 5.91 Å². The fourth-order valence-electron chi connectivity index (χ4n) is 3.87. The van der Waals surface area contributed by atoms with Crippen LogP contribution in [0.1, 0.15) is 33.3 Å². The van der Waals surface area contributed by atoms with Crippen molar-refractivity contribution in [2.24, 2.45) is 0 Å². The van der Waals surface area contributed by atoms with Crippen LogP contribution in [0.4, 0.5) is 0 Å². The maximum atomic E-state index is 13.4. The summed E-state index contributed by atoms with van der Waals surface area (Å²) in [5.74, 6) is 0.514. The smallest absolute Gasteiger partial charge is 0.252 e. The molecule has 2 aromatic carbocycles. The van der Waals surface area contributed by atoms with Crippen molar-refractivity contribution in [3.8, 4) is 28.5 Å². The van der Waals surface area contributed by atoms with Gasteiger partial charge in [-0.2, -0.15) is 0 Å². The number of aryl methyl sites for hydroxylation is 1. The molecule has 0 spiro atoms. The number of hydrogen-bond donors (Lipinski definition) is 1. The molecule has 35 heavy (non-hydrogen) atoms. The molecule has 2 aromatic heterocycles. The number of fused-ring (bicyclic) bond motifs is 1. The summed E-state index contributed by atoms with van der Waals surface area (Å²) in [4.78, 5) is 30.9. The summed E-state index contributed by atoms with van der Waals surface area (Å²) >= 11 is 1.65. The zero-order chi connectivity index (χ0) is 25.1. The average Bonchev–Trinajstić information content (AvgIpc) is 3.32. The molecule has 0 aliphatic carbocycles. The Morgan fingerprint density at radius 1 is 0.943 bits per heavy atom. The third kappa shape index (κ3) is 4.70. The van der Waals surface area contributed by atoms with E-state index in [9.17, 15) is 9.59 Å². The number of ether oxygens (including phenoxy) is 3. The quantitative estimate of drug-likeness (QED) is 0.337. The fourth-order valence-corrected chi connectivity index (χ4v) is 4.91. The van der Waals surface area contributed by atoms with Crippen LogP contribution < -0.4 is 19.5 Å². The number of carbonyl (C=O) groups excluding carboxylic acids is 2. The minimum Gasteiger partial charge on any atom is -0.494 e. The topological polar surface area (TPSA) is 86.8 Å². The first-order chi connectivity index (χ1) is 16.9. The molecule has 0 saturated heterocycles. The number of carbonyl (C=O) groups is 2. The van der Waals surface area contributed by atoms with E-state index in [4.69, 9.17) is 14.2 Å². The number of pyridine rings is 1. The van der Waals surface area contributed by atoms with E-state index in [0.717, 1.165) is 10.9 Å². The Morgan fingerprint density at radius 2 is 1.66 bits per heavy atom. The predicted octanol–water partition coefficient (Wildman–Crippen LogP) is 5.30. The van der Waals surface area contributed by atoms with Crippen molar-refractivity contribution in [2.45, 2.75) is 19.9 Å². The van der Waals surface area contributed by atoms with Crippen LogP contribution in [0.5, 0.6) is 17.2 Å². The number of nitrogens with zero attached hydrogens (tertiary/aromatic N) is 1. The molecule has 4 aromatic rings. The van der Waals surface area contributed by atoms with Crippen LogP contribution in [-0.2, 0) is 0 Å². The van der Waals surface area contributed by atoms with Crippen molar-refractivity contribution >= 4 is 33.1 Å². The molecule has 0 bridgehead atoms. The van der Waals surface area contributed by atoms with Gasteiger partial charge in [0, 0.05) is 26.6 Å². The summed E-state index contributed by atoms with van der Waals surface area (Å²) in [6.07, 6.45) is 0. The van der Waals surface area contributed by atoms with Crippen molar-refractivity contribution in [3.63, 3.8) is 0 Å². The second-order valence-corrected chi connectivity index (χ2v) is 8.86. The molecular weight excluding hydrogens is 464 g/mol. The summed E-state index contributed by atoms with van der Waals surface area (Å²) in [6.45, 7) is 3.69. The molecule has 1 N–H and O–H groups in total. The lowest BCUT2D eigenvalue weighted by molar-refractivity contribution is 0.0861. The van der Waals surface area contributed by atoms with Crippen LogP contribution in [0.25, 0.3) is 21.3 Å². The molecule has 7 nitrogen and oxygen atoms in total. The van der Waals surface area contributed by atoms with Gasteiger partial charge in [-0.25, -0.2) is 4.98 Å². The first-order valence-corrected chi connectivity index (χ1v) is 11.8. The van der Waals surface area contributed by atoms with Crippen LogP contribution in [0.3, 0.4) is 0 Å². The molecule has 0 fully saturated rings. The molecule has 4 rings (SSSR count). The molecule has 0 aliphatic heterocycles. The largest absolute Gasteiger partial charge is 0.494 e. The van der Waals surface area contributed by atoms with Crippen molar-refractivity contribution in [1.29, 1.82) is 0 Å². The van der Waals surface area contributed by atoms with E-state index in [1.807, 2.05) is 23.6 Å². The highest BCUT2D eigenvalue weighted by molar-refractivity contribution is 7.18. The van der Waals surface area contributed by atoms with Gasteiger partial charge in [0.15, 0.2) is 17.2 Å². The van der Waals surface area contributed by atoms with Crippen molar-refractivity contribution in [1.82, 2.24) is 10.3 Å². The highest BCUT2D eigenvalue weighted by Crippen LogP contribution is 2.36. The van der Waals surface area contributed by atoms with Crippen LogP contribution >= 0.6 is 11.3 Å². The van der Waals surface area contributed by atoms with E-state index >= 15 is 0 Å². The Kier molecular flexibility index (Phi) is 7.02. The molecule has 0 aliphatic rings. The van der Waals surface area contributed by atoms with Crippen molar-refractivity contribution in [3.05, 3.63) is 70.7 Å². The lowest BCUT2D eigenvalue weighted by Gasteiger charge is -2.16. The van der Waals surface area contributed by atoms with Crippen LogP contribution in [0, 0.1) is 6.92 Å². The highest BCUT2D eigenvalue weighted by atomic mass is 32.1. The number of methoxy groups -OCH3 is 3. The van der Waals surface area contributed by atoms with Crippen molar-refractivity contribution in [2.75, 3.05) is 21.3 Å². The normalized spacial score (nSPS) is 11.7. The monoisotopic (exact) mass is 490 g/mol. The lowest BCUT2D eigenvalue weighted by atomic mass is 10.0. The maximum Gasteiger partial charge on any atom is 0.252 e. The minimum atomic E-state index is -0.839. The maximum absolute atomic E-state index is 13.4. The Morgan fingerprint density at radius 3 is 2.37 bits per heavy atom. The minimum absolute atomic E-state index is 0.164. The van der Waals surface area contributed by atoms with Crippen molar-refractivity contribution < 1.29 is 23.8 Å². The molecular formula is C27H26N2O5S. The second-order valence-electron chi connectivity index (χ2n) is 7.98. The van der Waals surface area contributed by atoms with Gasteiger partial charge in [-0.05, 0) is 49.7 Å². The highest BCUT2D eigenvalue weighted by Gasteiger charge is 2.24. The Balaban J connectivity index is 1.62. The van der Waals surface area contributed by atoms with Gasteiger partial charge in [-0.3, -0.25) is 9.59 Å². The summed E-state index contributed by atoms with van der Waals surface area (Å²) in [7, 11) is 4.51. The number of Topliss-reactive ketones (excluding diaryl/α,β-unsaturated/α-hetero) is 1. The SMILES string of the molecule is COc1ccc(C(=O)NC(C)C(=O)c2nc(-c3csc4c(C)cccc34)ccc2OC)cc1OC. The number of amides is 1. The number of benzene rings is 2. The number of aromatic nitrogens is 1. The van der Waals surface area contributed by atoms with Gasteiger partial charge in [0.1, 0.15) is 5.75 Å². The molecule has 1 unspecified atom stereocenters. The number of hydrogen-bond acceptors (Lipinski definition) is 7. The van der Waals surface area contributed by atoms with Gasteiger partial charge in [0.2, 0.25) is 5.78 Å². The zero-order valence-corrected chi connectivity index (χ0v) is 21.0. The molecule has 8 heteroatoms. The number of rotatable bonds is 8. The number of ketones is 1. The van der Waals surface area contributed by atoms with Crippen LogP contribution in [0.15, 0.2) is 53.9 Å². The first kappa shape index (κ1) is 24.2. The van der Waals surface area contributed by atoms with Gasteiger partial charge in [-0.15, -0.1) is 11.3 Å². The fraction of sp³-hybridized carbons (Fsp3) is 0.222. The molecule has 0 saturated carbocycles. The summed E-state index contributed by atoms with van der Waals surface area (Å²) in [5, 5.41) is 5.88. The Bertz CT molecular complexity index is 1410. The summed E-state index contributed by atoms with van der Waals surface area (Å²) in [5.41, 5.74) is 3.32. The molecule has 1 amide bonds. The van der Waals surface area contributed by atoms with E-state index in [0.29, 0.717) is 28.5 Å². The molecule has 180 valence electrons. The van der Waals surface area contributed by atoms with Gasteiger partial charge in [0.05, 0.1) is 33.1 Å². The Labute approximate surface area is 207 Å². The molecule has 2 heterocycles. The number of thiophene rings is 1. The lowest BCUT2D eigenvalue weighted by Crippen LogP contribution is -2.39. The van der Waals surface area contributed by atoms with E-state index in [2.05, 4.69) is 23.3 Å².